The molecule has 96 valence electrons. The molecule has 2 nitrogen and oxygen atoms in total. The van der Waals surface area contributed by atoms with Crippen LogP contribution < -0.4 is 10.1 Å². The van der Waals surface area contributed by atoms with Crippen molar-refractivity contribution in [1.82, 2.24) is 5.32 Å². The zero-order valence-electron chi connectivity index (χ0n) is 11.5. The van der Waals surface area contributed by atoms with Gasteiger partial charge in [-0.05, 0) is 62.9 Å². The molecule has 2 heteroatoms. The van der Waals surface area contributed by atoms with E-state index in [-0.39, 0.29) is 0 Å². The van der Waals surface area contributed by atoms with Gasteiger partial charge in [0.25, 0.3) is 0 Å². The lowest BCUT2D eigenvalue weighted by Crippen LogP contribution is -2.27. The maximum atomic E-state index is 5.22. The molecule has 0 aliphatic heterocycles. The molecule has 0 saturated heterocycles. The molecular weight excluding hydrogens is 210 g/mol. The average Bonchev–Trinajstić information content (AvgIpc) is 2.34. The number of hydrogen-bond acceptors (Lipinski definition) is 2. The Morgan fingerprint density at radius 1 is 1.35 bits per heavy atom. The lowest BCUT2D eigenvalue weighted by atomic mass is 10.0. The molecule has 1 aromatic rings. The van der Waals surface area contributed by atoms with Crippen molar-refractivity contribution in [3.8, 4) is 5.75 Å². The van der Waals surface area contributed by atoms with Crippen molar-refractivity contribution in [2.45, 2.75) is 46.1 Å². The highest BCUT2D eigenvalue weighted by Crippen LogP contribution is 2.18. The van der Waals surface area contributed by atoms with Crippen LogP contribution in [0.5, 0.6) is 5.75 Å². The monoisotopic (exact) mass is 235 g/mol. The number of methoxy groups -OCH3 is 1. The van der Waals surface area contributed by atoms with Crippen molar-refractivity contribution in [2.24, 2.45) is 0 Å². The summed E-state index contributed by atoms with van der Waals surface area (Å²) in [6.45, 7) is 7.73. The van der Waals surface area contributed by atoms with Gasteiger partial charge in [0.05, 0.1) is 7.11 Å². The Morgan fingerprint density at radius 2 is 2.12 bits per heavy atom. The number of ether oxygens (including phenoxy) is 1. The molecule has 0 spiro atoms. The number of aryl methyl sites for hydroxylation is 2. The maximum Gasteiger partial charge on any atom is 0.119 e. The van der Waals surface area contributed by atoms with E-state index in [2.05, 4.69) is 38.2 Å². The van der Waals surface area contributed by atoms with Crippen LogP contribution in [0.25, 0.3) is 0 Å². The van der Waals surface area contributed by atoms with Crippen LogP contribution in [0.3, 0.4) is 0 Å². The second kappa shape index (κ2) is 7.33. The molecule has 17 heavy (non-hydrogen) atoms. The minimum atomic E-state index is 0.594. The van der Waals surface area contributed by atoms with Crippen molar-refractivity contribution >= 4 is 0 Å². The summed E-state index contributed by atoms with van der Waals surface area (Å²) < 4.78 is 5.22. The molecule has 0 heterocycles. The maximum absolute atomic E-state index is 5.22. The number of benzene rings is 1. The van der Waals surface area contributed by atoms with Gasteiger partial charge in [-0.1, -0.05) is 13.0 Å². The molecule has 0 fully saturated rings. The van der Waals surface area contributed by atoms with Crippen molar-refractivity contribution in [3.05, 3.63) is 29.3 Å². The van der Waals surface area contributed by atoms with E-state index in [0.29, 0.717) is 6.04 Å². The highest BCUT2D eigenvalue weighted by molar-refractivity contribution is 5.34. The van der Waals surface area contributed by atoms with E-state index in [1.807, 2.05) is 6.07 Å². The number of hydrogen-bond donors (Lipinski definition) is 1. The highest BCUT2D eigenvalue weighted by Gasteiger charge is 2.04. The van der Waals surface area contributed by atoms with Crippen LogP contribution in [-0.4, -0.2) is 19.7 Å². The Morgan fingerprint density at radius 3 is 2.71 bits per heavy atom. The predicted octanol–water partition coefficient (Wildman–Crippen LogP) is 3.32. The van der Waals surface area contributed by atoms with Crippen LogP contribution >= 0.6 is 0 Å². The molecule has 0 amide bonds. The minimum absolute atomic E-state index is 0.594. The van der Waals surface area contributed by atoms with E-state index in [1.165, 1.54) is 24.0 Å². The van der Waals surface area contributed by atoms with Gasteiger partial charge in [-0.15, -0.1) is 0 Å². The van der Waals surface area contributed by atoms with Crippen LogP contribution in [-0.2, 0) is 6.42 Å². The van der Waals surface area contributed by atoms with Crippen molar-refractivity contribution < 1.29 is 4.74 Å². The molecule has 1 atom stereocenters. The van der Waals surface area contributed by atoms with Crippen LogP contribution in [0, 0.1) is 6.92 Å². The zero-order valence-corrected chi connectivity index (χ0v) is 11.5. The van der Waals surface area contributed by atoms with Crippen LogP contribution in [0.1, 0.15) is 37.8 Å². The summed E-state index contributed by atoms with van der Waals surface area (Å²) in [7, 11) is 1.71. The topological polar surface area (TPSA) is 21.3 Å². The fourth-order valence-corrected chi connectivity index (χ4v) is 1.94. The molecule has 0 aliphatic rings. The van der Waals surface area contributed by atoms with E-state index in [1.54, 1.807) is 7.11 Å². The second-order valence-corrected chi connectivity index (χ2v) is 4.69. The molecule has 0 aromatic heterocycles. The molecule has 0 bridgehead atoms. The molecular formula is C15H25NO. The Balaban J connectivity index is 2.46. The fourth-order valence-electron chi connectivity index (χ4n) is 1.94. The lowest BCUT2D eigenvalue weighted by Gasteiger charge is -2.14. The van der Waals surface area contributed by atoms with Gasteiger partial charge in [0.2, 0.25) is 0 Å². The van der Waals surface area contributed by atoms with Crippen LogP contribution in [0.15, 0.2) is 18.2 Å². The first-order valence-electron chi connectivity index (χ1n) is 6.54. The summed E-state index contributed by atoms with van der Waals surface area (Å²) in [4.78, 5) is 0. The summed E-state index contributed by atoms with van der Waals surface area (Å²) in [5.41, 5.74) is 2.75. The smallest absolute Gasteiger partial charge is 0.119 e. The van der Waals surface area contributed by atoms with Gasteiger partial charge in [-0.25, -0.2) is 0 Å². The van der Waals surface area contributed by atoms with E-state index < -0.39 is 0 Å². The van der Waals surface area contributed by atoms with Crippen molar-refractivity contribution in [1.29, 1.82) is 0 Å². The van der Waals surface area contributed by atoms with Gasteiger partial charge in [0.1, 0.15) is 5.75 Å². The quantitative estimate of drug-likeness (QED) is 0.782. The SMILES string of the molecule is CCCNC(C)CCc1ccc(OC)cc1C. The van der Waals surface area contributed by atoms with E-state index in [9.17, 15) is 0 Å². The van der Waals surface area contributed by atoms with E-state index in [0.717, 1.165) is 18.7 Å². The molecule has 1 N–H and O–H groups in total. The van der Waals surface area contributed by atoms with E-state index in [4.69, 9.17) is 4.74 Å². The zero-order chi connectivity index (χ0) is 12.7. The van der Waals surface area contributed by atoms with Gasteiger partial charge < -0.3 is 10.1 Å². The minimum Gasteiger partial charge on any atom is -0.497 e. The van der Waals surface area contributed by atoms with Gasteiger partial charge in [0, 0.05) is 6.04 Å². The summed E-state index contributed by atoms with van der Waals surface area (Å²) in [5.74, 6) is 0.948. The van der Waals surface area contributed by atoms with Crippen molar-refractivity contribution in [2.75, 3.05) is 13.7 Å². The Bertz CT molecular complexity index is 336. The summed E-state index contributed by atoms with van der Waals surface area (Å²) in [6.07, 6.45) is 3.52. The highest BCUT2D eigenvalue weighted by atomic mass is 16.5. The second-order valence-electron chi connectivity index (χ2n) is 4.69. The standard InChI is InChI=1S/C15H25NO/c1-5-10-16-13(3)6-7-14-8-9-15(17-4)11-12(14)2/h8-9,11,13,16H,5-7,10H2,1-4H3. The number of nitrogens with one attached hydrogen (secondary N) is 1. The third-order valence-corrected chi connectivity index (χ3v) is 3.14. The van der Waals surface area contributed by atoms with Gasteiger partial charge in [-0.2, -0.15) is 0 Å². The average molecular weight is 235 g/mol. The predicted molar refractivity (Wildman–Crippen MR) is 73.8 cm³/mol. The Kier molecular flexibility index (Phi) is 6.06. The van der Waals surface area contributed by atoms with Crippen molar-refractivity contribution in [3.63, 3.8) is 0 Å². The molecule has 1 rings (SSSR count). The lowest BCUT2D eigenvalue weighted by molar-refractivity contribution is 0.414. The van der Waals surface area contributed by atoms with E-state index >= 15 is 0 Å². The largest absolute Gasteiger partial charge is 0.497 e. The van der Waals surface area contributed by atoms with Gasteiger partial charge in [0.15, 0.2) is 0 Å². The van der Waals surface area contributed by atoms with Crippen LogP contribution in [0.4, 0.5) is 0 Å². The first kappa shape index (κ1) is 14.0. The van der Waals surface area contributed by atoms with Crippen LogP contribution in [0.2, 0.25) is 0 Å². The third-order valence-electron chi connectivity index (χ3n) is 3.14. The first-order chi connectivity index (χ1) is 8.17. The van der Waals surface area contributed by atoms with Gasteiger partial charge >= 0.3 is 0 Å². The Labute approximate surface area is 105 Å². The summed E-state index contributed by atoms with van der Waals surface area (Å²) >= 11 is 0. The molecule has 0 aliphatic carbocycles. The summed E-state index contributed by atoms with van der Waals surface area (Å²) in [5, 5.41) is 3.52. The third kappa shape index (κ3) is 4.78. The molecule has 1 aromatic carbocycles. The normalized spacial score (nSPS) is 12.5. The Hall–Kier alpha value is -1.02. The van der Waals surface area contributed by atoms with Gasteiger partial charge in [-0.3, -0.25) is 0 Å². The molecule has 0 radical (unpaired) electrons. The first-order valence-corrected chi connectivity index (χ1v) is 6.54. The number of rotatable bonds is 7. The summed E-state index contributed by atoms with van der Waals surface area (Å²) in [6, 6.07) is 6.93. The molecule has 0 saturated carbocycles. The molecule has 1 unspecified atom stereocenters. The fraction of sp³-hybridized carbons (Fsp3) is 0.600.